The molecule has 2 aromatic carbocycles. The second-order valence-electron chi connectivity index (χ2n) is 5.21. The molecule has 134 valence electrons. The van der Waals surface area contributed by atoms with Crippen LogP contribution in [-0.2, 0) is 4.79 Å². The molecule has 0 atom stereocenters. The van der Waals surface area contributed by atoms with Gasteiger partial charge in [0.05, 0.1) is 6.61 Å². The van der Waals surface area contributed by atoms with Crippen LogP contribution in [0.1, 0.15) is 6.92 Å². The number of carboxylic acid groups (broad SMARTS) is 1. The monoisotopic (exact) mass is 374 g/mol. The van der Waals surface area contributed by atoms with Gasteiger partial charge in [0.1, 0.15) is 0 Å². The van der Waals surface area contributed by atoms with Crippen LogP contribution in [0.5, 0.6) is 11.5 Å². The molecule has 0 aliphatic carbocycles. The van der Waals surface area contributed by atoms with Crippen LogP contribution in [0.15, 0.2) is 47.0 Å². The predicted molar refractivity (Wildman–Crippen MR) is 94.5 cm³/mol. The number of ether oxygens (including phenoxy) is 2. The molecule has 0 aliphatic heterocycles. The zero-order valence-electron chi connectivity index (χ0n) is 13.8. The van der Waals surface area contributed by atoms with Gasteiger partial charge in [-0.2, -0.15) is 4.98 Å². The molecular formula is C18H15ClN2O5. The molecule has 0 unspecified atom stereocenters. The Hall–Kier alpha value is -3.06. The molecule has 0 spiro atoms. The van der Waals surface area contributed by atoms with Gasteiger partial charge in [0.2, 0.25) is 5.82 Å². The number of rotatable bonds is 7. The molecule has 3 aromatic rings. The SMILES string of the molecule is CCOc1cc(-c2noc(-c3ccc(Cl)cc3)n2)ccc1OCC(=O)O. The fourth-order valence-electron chi connectivity index (χ4n) is 2.22. The van der Waals surface area contributed by atoms with Crippen molar-refractivity contribution >= 4 is 17.6 Å². The van der Waals surface area contributed by atoms with E-state index in [1.807, 2.05) is 6.92 Å². The van der Waals surface area contributed by atoms with E-state index >= 15 is 0 Å². The molecule has 0 bridgehead atoms. The number of aliphatic carboxylic acids is 1. The molecule has 1 heterocycles. The third kappa shape index (κ3) is 4.12. The third-order valence-electron chi connectivity index (χ3n) is 3.37. The van der Waals surface area contributed by atoms with Gasteiger partial charge in [0.25, 0.3) is 5.89 Å². The van der Waals surface area contributed by atoms with Gasteiger partial charge in [-0.1, -0.05) is 16.8 Å². The summed E-state index contributed by atoms with van der Waals surface area (Å²) in [6, 6.07) is 12.0. The molecule has 8 heteroatoms. The lowest BCUT2D eigenvalue weighted by atomic mass is 10.2. The maximum Gasteiger partial charge on any atom is 0.341 e. The minimum absolute atomic E-state index is 0.333. The van der Waals surface area contributed by atoms with Gasteiger partial charge < -0.3 is 19.1 Å². The zero-order valence-corrected chi connectivity index (χ0v) is 14.6. The van der Waals surface area contributed by atoms with Crippen molar-refractivity contribution in [3.8, 4) is 34.3 Å². The predicted octanol–water partition coefficient (Wildman–Crippen LogP) is 3.92. The van der Waals surface area contributed by atoms with Crippen molar-refractivity contribution in [2.24, 2.45) is 0 Å². The van der Waals surface area contributed by atoms with Gasteiger partial charge in [-0.3, -0.25) is 0 Å². The van der Waals surface area contributed by atoms with Crippen LogP contribution in [0.3, 0.4) is 0 Å². The van der Waals surface area contributed by atoms with E-state index in [2.05, 4.69) is 10.1 Å². The number of halogens is 1. The summed E-state index contributed by atoms with van der Waals surface area (Å²) in [6.07, 6.45) is 0. The Kier molecular flexibility index (Phi) is 5.38. The summed E-state index contributed by atoms with van der Waals surface area (Å²) < 4.78 is 16.0. The van der Waals surface area contributed by atoms with E-state index in [0.29, 0.717) is 40.4 Å². The minimum atomic E-state index is -1.07. The molecule has 1 aromatic heterocycles. The quantitative estimate of drug-likeness (QED) is 0.669. The number of aromatic nitrogens is 2. The average molecular weight is 375 g/mol. The topological polar surface area (TPSA) is 94.7 Å². The number of benzene rings is 2. The first-order valence-electron chi connectivity index (χ1n) is 7.78. The van der Waals surface area contributed by atoms with Crippen molar-refractivity contribution in [3.63, 3.8) is 0 Å². The zero-order chi connectivity index (χ0) is 18.5. The Labute approximate surface area is 154 Å². The fraction of sp³-hybridized carbons (Fsp3) is 0.167. The van der Waals surface area contributed by atoms with E-state index in [0.717, 1.165) is 5.56 Å². The minimum Gasteiger partial charge on any atom is -0.490 e. The molecule has 3 rings (SSSR count). The molecule has 0 fully saturated rings. The van der Waals surface area contributed by atoms with Crippen LogP contribution in [0.4, 0.5) is 0 Å². The lowest BCUT2D eigenvalue weighted by Gasteiger charge is -2.11. The molecule has 0 saturated heterocycles. The number of carbonyl (C=O) groups is 1. The molecule has 26 heavy (non-hydrogen) atoms. The smallest absolute Gasteiger partial charge is 0.341 e. The van der Waals surface area contributed by atoms with Crippen LogP contribution in [0.2, 0.25) is 5.02 Å². The van der Waals surface area contributed by atoms with Gasteiger partial charge in [0.15, 0.2) is 18.1 Å². The van der Waals surface area contributed by atoms with E-state index < -0.39 is 12.6 Å². The first-order valence-corrected chi connectivity index (χ1v) is 8.16. The van der Waals surface area contributed by atoms with Crippen molar-refractivity contribution in [2.45, 2.75) is 6.92 Å². The van der Waals surface area contributed by atoms with Crippen molar-refractivity contribution < 1.29 is 23.9 Å². The normalized spacial score (nSPS) is 10.5. The van der Waals surface area contributed by atoms with E-state index in [-0.39, 0.29) is 0 Å². The Balaban J connectivity index is 1.88. The van der Waals surface area contributed by atoms with Gasteiger partial charge in [-0.15, -0.1) is 0 Å². The Morgan fingerprint density at radius 1 is 1.12 bits per heavy atom. The number of nitrogens with zero attached hydrogens (tertiary/aromatic N) is 2. The largest absolute Gasteiger partial charge is 0.490 e. The van der Waals surface area contributed by atoms with Gasteiger partial charge in [0, 0.05) is 16.1 Å². The van der Waals surface area contributed by atoms with Gasteiger partial charge in [-0.05, 0) is 49.4 Å². The Morgan fingerprint density at radius 2 is 1.85 bits per heavy atom. The van der Waals surface area contributed by atoms with Gasteiger partial charge >= 0.3 is 5.97 Å². The first-order chi connectivity index (χ1) is 12.6. The highest BCUT2D eigenvalue weighted by Gasteiger charge is 2.14. The molecular weight excluding hydrogens is 360 g/mol. The summed E-state index contributed by atoms with van der Waals surface area (Å²) in [5, 5.41) is 13.3. The lowest BCUT2D eigenvalue weighted by Crippen LogP contribution is -2.10. The lowest BCUT2D eigenvalue weighted by molar-refractivity contribution is -0.139. The number of hydrogen-bond donors (Lipinski definition) is 1. The number of carboxylic acids is 1. The molecule has 0 radical (unpaired) electrons. The van der Waals surface area contributed by atoms with Crippen molar-refractivity contribution in [3.05, 3.63) is 47.5 Å². The van der Waals surface area contributed by atoms with Crippen molar-refractivity contribution in [2.75, 3.05) is 13.2 Å². The van der Waals surface area contributed by atoms with Crippen LogP contribution >= 0.6 is 11.6 Å². The van der Waals surface area contributed by atoms with E-state index in [1.165, 1.54) is 0 Å². The van der Waals surface area contributed by atoms with Crippen molar-refractivity contribution in [1.29, 1.82) is 0 Å². The molecule has 1 N–H and O–H groups in total. The van der Waals surface area contributed by atoms with Crippen LogP contribution in [0.25, 0.3) is 22.8 Å². The maximum atomic E-state index is 10.7. The molecule has 7 nitrogen and oxygen atoms in total. The molecule has 0 saturated carbocycles. The Morgan fingerprint density at radius 3 is 2.54 bits per heavy atom. The summed E-state index contributed by atoms with van der Waals surface area (Å²) in [4.78, 5) is 15.1. The summed E-state index contributed by atoms with van der Waals surface area (Å²) in [7, 11) is 0. The van der Waals surface area contributed by atoms with Crippen LogP contribution in [-0.4, -0.2) is 34.4 Å². The molecule has 0 aliphatic rings. The van der Waals surface area contributed by atoms with Crippen LogP contribution in [0, 0.1) is 0 Å². The van der Waals surface area contributed by atoms with Crippen LogP contribution < -0.4 is 9.47 Å². The third-order valence-corrected chi connectivity index (χ3v) is 3.62. The highest BCUT2D eigenvalue weighted by atomic mass is 35.5. The maximum absolute atomic E-state index is 10.7. The average Bonchev–Trinajstić information content (AvgIpc) is 3.11. The first kappa shape index (κ1) is 17.8. The molecule has 0 amide bonds. The fourth-order valence-corrected chi connectivity index (χ4v) is 2.35. The standard InChI is InChI=1S/C18H15ClN2O5/c1-2-24-15-9-12(5-8-14(15)25-10-16(22)23)17-20-18(26-21-17)11-3-6-13(19)7-4-11/h3-9H,2,10H2,1H3,(H,22,23). The summed E-state index contributed by atoms with van der Waals surface area (Å²) in [6.45, 7) is 1.76. The highest BCUT2D eigenvalue weighted by molar-refractivity contribution is 6.30. The van der Waals surface area contributed by atoms with Crippen molar-refractivity contribution in [1.82, 2.24) is 10.1 Å². The van der Waals surface area contributed by atoms with E-state index in [1.54, 1.807) is 42.5 Å². The Bertz CT molecular complexity index is 908. The summed E-state index contributed by atoms with van der Waals surface area (Å²) >= 11 is 5.88. The van der Waals surface area contributed by atoms with Gasteiger partial charge in [-0.25, -0.2) is 4.79 Å². The highest BCUT2D eigenvalue weighted by Crippen LogP contribution is 2.32. The second-order valence-corrected chi connectivity index (χ2v) is 5.64. The second kappa shape index (κ2) is 7.88. The van der Waals surface area contributed by atoms with E-state index in [9.17, 15) is 4.79 Å². The summed E-state index contributed by atoms with van der Waals surface area (Å²) in [5.41, 5.74) is 1.40. The number of hydrogen-bond acceptors (Lipinski definition) is 6. The summed E-state index contributed by atoms with van der Waals surface area (Å²) in [5.74, 6) is 0.410. The van der Waals surface area contributed by atoms with E-state index in [4.69, 9.17) is 30.7 Å².